The van der Waals surface area contributed by atoms with Crippen molar-refractivity contribution in [2.75, 3.05) is 19.5 Å². The van der Waals surface area contributed by atoms with Crippen LogP contribution in [-0.2, 0) is 0 Å². The van der Waals surface area contributed by atoms with E-state index in [1.54, 1.807) is 32.4 Å². The lowest BCUT2D eigenvalue weighted by atomic mass is 10.2. The maximum Gasteiger partial charge on any atom is 0.167 e. The zero-order valence-electron chi connectivity index (χ0n) is 13.5. The second-order valence-electron chi connectivity index (χ2n) is 5.08. The predicted octanol–water partition coefficient (Wildman–Crippen LogP) is 2.52. The molecule has 0 aliphatic heterocycles. The Balaban J connectivity index is 2.36. The van der Waals surface area contributed by atoms with Crippen LogP contribution in [-0.4, -0.2) is 30.5 Å². The molecule has 0 spiro atoms. The molecule has 2 aromatic rings. The molecular formula is C17H18N4O2. The van der Waals surface area contributed by atoms with Crippen LogP contribution in [0, 0.1) is 23.2 Å². The van der Waals surface area contributed by atoms with Gasteiger partial charge in [-0.25, -0.2) is 0 Å². The third-order valence-corrected chi connectivity index (χ3v) is 2.99. The number of hydrogen-bond acceptors (Lipinski definition) is 5. The fourth-order valence-corrected chi connectivity index (χ4v) is 1.93. The van der Waals surface area contributed by atoms with Crippen LogP contribution >= 0.6 is 0 Å². The van der Waals surface area contributed by atoms with E-state index in [0.29, 0.717) is 28.6 Å². The topological polar surface area (TPSA) is 83.0 Å². The van der Waals surface area contributed by atoms with Crippen LogP contribution in [0.25, 0.3) is 0 Å². The van der Waals surface area contributed by atoms with Crippen LogP contribution in [0.2, 0.25) is 0 Å². The SMILES string of the molecule is COc1cc(C#Cc2[nH]nc(NC(C)C)c2C#N)cc(OC)c1. The summed E-state index contributed by atoms with van der Waals surface area (Å²) in [6.45, 7) is 3.95. The van der Waals surface area contributed by atoms with E-state index in [4.69, 9.17) is 9.47 Å². The fourth-order valence-electron chi connectivity index (χ4n) is 1.93. The van der Waals surface area contributed by atoms with Gasteiger partial charge in [0.25, 0.3) is 0 Å². The molecule has 0 radical (unpaired) electrons. The summed E-state index contributed by atoms with van der Waals surface area (Å²) in [4.78, 5) is 0. The number of H-pyrrole nitrogens is 1. The third kappa shape index (κ3) is 3.96. The highest BCUT2D eigenvalue weighted by Crippen LogP contribution is 2.22. The zero-order valence-corrected chi connectivity index (χ0v) is 13.5. The molecule has 23 heavy (non-hydrogen) atoms. The Kier molecular flexibility index (Phi) is 5.11. The summed E-state index contributed by atoms with van der Waals surface area (Å²) in [7, 11) is 3.16. The summed E-state index contributed by atoms with van der Waals surface area (Å²) in [5, 5.41) is 19.3. The lowest BCUT2D eigenvalue weighted by Crippen LogP contribution is -2.10. The number of aromatic nitrogens is 2. The lowest BCUT2D eigenvalue weighted by Gasteiger charge is -2.05. The van der Waals surface area contributed by atoms with Crippen LogP contribution in [0.15, 0.2) is 18.2 Å². The Labute approximate surface area is 135 Å². The largest absolute Gasteiger partial charge is 0.497 e. The van der Waals surface area contributed by atoms with Crippen LogP contribution in [0.1, 0.15) is 30.7 Å². The van der Waals surface area contributed by atoms with Gasteiger partial charge < -0.3 is 14.8 Å². The van der Waals surface area contributed by atoms with Crippen molar-refractivity contribution in [3.05, 3.63) is 35.0 Å². The number of ether oxygens (including phenoxy) is 2. The van der Waals surface area contributed by atoms with Crippen molar-refractivity contribution in [1.82, 2.24) is 10.2 Å². The van der Waals surface area contributed by atoms with Crippen molar-refractivity contribution in [3.8, 4) is 29.4 Å². The van der Waals surface area contributed by atoms with E-state index in [0.717, 1.165) is 5.56 Å². The normalized spacial score (nSPS) is 9.74. The van der Waals surface area contributed by atoms with Gasteiger partial charge in [0.15, 0.2) is 5.82 Å². The summed E-state index contributed by atoms with van der Waals surface area (Å²) >= 11 is 0. The highest BCUT2D eigenvalue weighted by Gasteiger charge is 2.11. The molecule has 2 N–H and O–H groups in total. The third-order valence-electron chi connectivity index (χ3n) is 2.99. The summed E-state index contributed by atoms with van der Waals surface area (Å²) < 4.78 is 10.4. The first-order chi connectivity index (χ1) is 11.1. The molecule has 1 heterocycles. The monoisotopic (exact) mass is 310 g/mol. The van der Waals surface area contributed by atoms with Crippen LogP contribution in [0.4, 0.5) is 5.82 Å². The van der Waals surface area contributed by atoms with Crippen molar-refractivity contribution < 1.29 is 9.47 Å². The van der Waals surface area contributed by atoms with Gasteiger partial charge in [-0.15, -0.1) is 0 Å². The molecule has 0 amide bonds. The summed E-state index contributed by atoms with van der Waals surface area (Å²) in [6.07, 6.45) is 0. The number of methoxy groups -OCH3 is 2. The van der Waals surface area contributed by atoms with Crippen LogP contribution in [0.3, 0.4) is 0 Å². The van der Waals surface area contributed by atoms with Crippen LogP contribution < -0.4 is 14.8 Å². The minimum Gasteiger partial charge on any atom is -0.497 e. The number of benzene rings is 1. The predicted molar refractivity (Wildman–Crippen MR) is 87.6 cm³/mol. The maximum absolute atomic E-state index is 9.30. The van der Waals surface area contributed by atoms with E-state index in [1.165, 1.54) is 0 Å². The van der Waals surface area contributed by atoms with Gasteiger partial charge in [-0.2, -0.15) is 10.4 Å². The second kappa shape index (κ2) is 7.24. The number of aromatic amines is 1. The summed E-state index contributed by atoms with van der Waals surface area (Å²) in [5.74, 6) is 7.74. The van der Waals surface area contributed by atoms with Crippen molar-refractivity contribution in [1.29, 1.82) is 5.26 Å². The number of nitriles is 1. The Hall–Kier alpha value is -3.12. The number of rotatable bonds is 4. The van der Waals surface area contributed by atoms with Gasteiger partial charge in [0.2, 0.25) is 0 Å². The van der Waals surface area contributed by atoms with Crippen LogP contribution in [0.5, 0.6) is 11.5 Å². The molecule has 2 rings (SSSR count). The number of nitrogens with one attached hydrogen (secondary N) is 2. The quantitative estimate of drug-likeness (QED) is 0.848. The molecule has 0 aliphatic rings. The first kappa shape index (κ1) is 16.3. The van der Waals surface area contributed by atoms with Crippen molar-refractivity contribution >= 4 is 5.82 Å². The van der Waals surface area contributed by atoms with Gasteiger partial charge in [-0.05, 0) is 31.9 Å². The molecule has 0 fully saturated rings. The van der Waals surface area contributed by atoms with Gasteiger partial charge >= 0.3 is 0 Å². The lowest BCUT2D eigenvalue weighted by molar-refractivity contribution is 0.394. The average Bonchev–Trinajstić information content (AvgIpc) is 2.93. The molecule has 6 heteroatoms. The second-order valence-corrected chi connectivity index (χ2v) is 5.08. The first-order valence-corrected chi connectivity index (χ1v) is 7.07. The van der Waals surface area contributed by atoms with E-state index in [1.807, 2.05) is 13.8 Å². The summed E-state index contributed by atoms with van der Waals surface area (Å²) in [6, 6.07) is 7.66. The average molecular weight is 310 g/mol. The molecule has 0 atom stereocenters. The Bertz CT molecular complexity index is 769. The molecule has 6 nitrogen and oxygen atoms in total. The first-order valence-electron chi connectivity index (χ1n) is 7.07. The van der Waals surface area contributed by atoms with Gasteiger partial charge in [0.1, 0.15) is 28.8 Å². The van der Waals surface area contributed by atoms with Crippen molar-refractivity contribution in [3.63, 3.8) is 0 Å². The minimum absolute atomic E-state index is 0.175. The van der Waals surface area contributed by atoms with E-state index >= 15 is 0 Å². The smallest absolute Gasteiger partial charge is 0.167 e. The van der Waals surface area contributed by atoms with Crippen molar-refractivity contribution in [2.24, 2.45) is 0 Å². The molecule has 0 aliphatic carbocycles. The van der Waals surface area contributed by atoms with E-state index < -0.39 is 0 Å². The highest BCUT2D eigenvalue weighted by molar-refractivity contribution is 5.60. The Morgan fingerprint density at radius 3 is 2.30 bits per heavy atom. The molecule has 118 valence electrons. The summed E-state index contributed by atoms with van der Waals surface area (Å²) in [5.41, 5.74) is 1.59. The number of nitrogens with zero attached hydrogens (tertiary/aromatic N) is 2. The fraction of sp³-hybridized carbons (Fsp3) is 0.294. The standard InChI is InChI=1S/C17H18N4O2/c1-11(2)19-17-15(10-18)16(20-21-17)6-5-12-7-13(22-3)9-14(8-12)23-4/h7-9,11H,1-4H3,(H2,19,20,21). The van der Waals surface area contributed by atoms with E-state index in [9.17, 15) is 5.26 Å². The Morgan fingerprint density at radius 1 is 1.13 bits per heavy atom. The van der Waals surface area contributed by atoms with Gasteiger partial charge in [-0.3, -0.25) is 5.10 Å². The molecule has 0 saturated carbocycles. The number of hydrogen-bond donors (Lipinski definition) is 2. The van der Waals surface area contributed by atoms with Gasteiger partial charge in [0.05, 0.1) is 14.2 Å². The zero-order chi connectivity index (χ0) is 16.8. The highest BCUT2D eigenvalue weighted by atomic mass is 16.5. The molecule has 0 unspecified atom stereocenters. The van der Waals surface area contributed by atoms with E-state index in [-0.39, 0.29) is 6.04 Å². The van der Waals surface area contributed by atoms with Gasteiger partial charge in [-0.1, -0.05) is 5.92 Å². The molecule has 0 bridgehead atoms. The maximum atomic E-state index is 9.30. The number of anilines is 1. The minimum atomic E-state index is 0.175. The molecular weight excluding hydrogens is 292 g/mol. The van der Waals surface area contributed by atoms with E-state index in [2.05, 4.69) is 33.4 Å². The molecule has 1 aromatic heterocycles. The molecule has 0 saturated heterocycles. The Morgan fingerprint density at radius 2 is 1.78 bits per heavy atom. The van der Waals surface area contributed by atoms with Gasteiger partial charge in [0, 0.05) is 17.7 Å². The molecule has 1 aromatic carbocycles. The van der Waals surface area contributed by atoms with Crippen molar-refractivity contribution in [2.45, 2.75) is 19.9 Å².